The van der Waals surface area contributed by atoms with Gasteiger partial charge >= 0.3 is 25.8 Å². The van der Waals surface area contributed by atoms with Gasteiger partial charge in [-0.3, -0.25) is 0 Å². The maximum Gasteiger partial charge on any atom is 3.00 e. The van der Waals surface area contributed by atoms with Crippen LogP contribution in [0.1, 0.15) is 0 Å². The van der Waals surface area contributed by atoms with Gasteiger partial charge in [0, 0.05) is 0 Å². The Morgan fingerprint density at radius 2 is 0.800 bits per heavy atom. The summed E-state index contributed by atoms with van der Waals surface area (Å²) in [6.07, 6.45) is -4.67. The zero-order valence-corrected chi connectivity index (χ0v) is 6.83. The van der Waals surface area contributed by atoms with Crippen LogP contribution in [0.5, 0.6) is 0 Å². The van der Waals surface area contributed by atoms with Crippen LogP contribution in [0.2, 0.25) is 0 Å². The van der Waals surface area contributed by atoms with Gasteiger partial charge in [-0.05, 0) is 12.3 Å². The van der Waals surface area contributed by atoms with Crippen molar-refractivity contribution in [3.8, 4) is 0 Å². The van der Waals surface area contributed by atoms with Crippen molar-refractivity contribution < 1.29 is 55.9 Å². The molecule has 8 heteroatoms. The maximum atomic E-state index is 8.33. The fourth-order valence-corrected chi connectivity index (χ4v) is 0. The van der Waals surface area contributed by atoms with Crippen molar-refractivity contribution in [2.45, 2.75) is 0 Å². The molecule has 0 radical (unpaired) electrons. The SMILES string of the molecule is O=C([O-])[O-].O=C([O-])[O-].[NH4+].[Sc+3]. The summed E-state index contributed by atoms with van der Waals surface area (Å²) in [5.74, 6) is 0. The van der Waals surface area contributed by atoms with E-state index in [0.717, 1.165) is 0 Å². The summed E-state index contributed by atoms with van der Waals surface area (Å²) in [4.78, 5) is 16.7. The normalized spacial score (nSPS) is 4.80. The predicted octanol–water partition coefficient (Wildman–Crippen LogP) is -4.52. The standard InChI is InChI=1S/2CH2O3.H3N.Sc/c2*2-1(3)4;;/h2*(H2,2,3,4);1H3;/q;;;+3/p-3. The fourth-order valence-electron chi connectivity index (χ4n) is 0. The fraction of sp³-hybridized carbons (Fsp3) is 0. The molecule has 0 amide bonds. The third-order valence-electron chi connectivity index (χ3n) is 0. The number of hydrogen-bond donors (Lipinski definition) is 1. The monoisotopic (exact) mass is 183 g/mol. The topological polar surface area (TPSA) is 163 Å². The van der Waals surface area contributed by atoms with Gasteiger partial charge in [-0.1, -0.05) is 0 Å². The Morgan fingerprint density at radius 1 is 0.800 bits per heavy atom. The molecule has 4 N–H and O–H groups in total. The number of carbonyl (C=O) groups is 2. The number of quaternary nitrogens is 1. The number of rotatable bonds is 0. The van der Waals surface area contributed by atoms with E-state index in [1.54, 1.807) is 0 Å². The third kappa shape index (κ3) is 754. The van der Waals surface area contributed by atoms with Crippen molar-refractivity contribution in [2.75, 3.05) is 0 Å². The largest absolute Gasteiger partial charge is 3.00 e. The molecule has 0 aliphatic carbocycles. The van der Waals surface area contributed by atoms with E-state index in [4.69, 9.17) is 30.0 Å². The molecule has 56 valence electrons. The van der Waals surface area contributed by atoms with Crippen LogP contribution >= 0.6 is 0 Å². The van der Waals surface area contributed by atoms with Gasteiger partial charge in [-0.25, -0.2) is 0 Å². The molecule has 0 fully saturated rings. The Balaban J connectivity index is -0.0000000300. The van der Waals surface area contributed by atoms with E-state index in [1.165, 1.54) is 0 Å². The van der Waals surface area contributed by atoms with E-state index in [1.807, 2.05) is 0 Å². The zero-order valence-electron chi connectivity index (χ0n) is 5.03. The van der Waals surface area contributed by atoms with Gasteiger partial charge in [-0.2, -0.15) is 0 Å². The van der Waals surface area contributed by atoms with Gasteiger partial charge in [-0.15, -0.1) is 0 Å². The van der Waals surface area contributed by atoms with Gasteiger partial charge < -0.3 is 36.2 Å². The van der Waals surface area contributed by atoms with Gasteiger partial charge in [0.05, 0.1) is 0 Å². The summed E-state index contributed by atoms with van der Waals surface area (Å²) in [7, 11) is 0. The first-order valence-corrected chi connectivity index (χ1v) is 1.22. The summed E-state index contributed by atoms with van der Waals surface area (Å²) < 4.78 is 0. The van der Waals surface area contributed by atoms with Crippen LogP contribution in [-0.2, 0) is 25.8 Å². The molecule has 10 heavy (non-hydrogen) atoms. The molecule has 0 aromatic carbocycles. The molecule has 0 atom stereocenters. The molecule has 7 nitrogen and oxygen atoms in total. The predicted molar refractivity (Wildman–Crippen MR) is 16.8 cm³/mol. The van der Waals surface area contributed by atoms with Crippen molar-refractivity contribution in [2.24, 2.45) is 0 Å². The Labute approximate surface area is 74.7 Å². The molecule has 0 saturated heterocycles. The first kappa shape index (κ1) is 22.8. The van der Waals surface area contributed by atoms with Crippen LogP contribution < -0.4 is 26.6 Å². The van der Waals surface area contributed by atoms with Crippen molar-refractivity contribution in [1.29, 1.82) is 0 Å². The average Bonchev–Trinajstić information content (AvgIpc) is 1.25. The van der Waals surface area contributed by atoms with Gasteiger partial charge in [0.25, 0.3) is 0 Å². The maximum absolute atomic E-state index is 8.33. The molecule has 0 aromatic rings. The van der Waals surface area contributed by atoms with Gasteiger partial charge in [0.15, 0.2) is 0 Å². The molecule has 0 unspecified atom stereocenters. The molecule has 0 rings (SSSR count). The minimum atomic E-state index is -2.33. The number of hydrogen-bond acceptors (Lipinski definition) is 6. The summed E-state index contributed by atoms with van der Waals surface area (Å²) in [5.41, 5.74) is 0. The smallest absolute Gasteiger partial charge is 0.652 e. The van der Waals surface area contributed by atoms with E-state index < -0.39 is 12.3 Å². The number of carbonyl (C=O) groups excluding carboxylic acids is 2. The summed E-state index contributed by atoms with van der Waals surface area (Å²) in [6, 6.07) is 0. The van der Waals surface area contributed by atoms with E-state index in [0.29, 0.717) is 0 Å². The first-order valence-electron chi connectivity index (χ1n) is 1.22. The molecule has 0 bridgehead atoms. The quantitative estimate of drug-likeness (QED) is 0.397. The molecule has 0 aromatic heterocycles. The van der Waals surface area contributed by atoms with Crippen LogP contribution in [0.3, 0.4) is 0 Å². The van der Waals surface area contributed by atoms with Gasteiger partial charge in [0.2, 0.25) is 0 Å². The Bertz CT molecular complexity index is 73.7. The summed E-state index contributed by atoms with van der Waals surface area (Å²) in [6.45, 7) is 0. The molecule has 0 spiro atoms. The average molecular weight is 183 g/mol. The second kappa shape index (κ2) is 15.8. The van der Waals surface area contributed by atoms with Crippen LogP contribution in [0.25, 0.3) is 0 Å². The first-order chi connectivity index (χ1) is 3.46. The summed E-state index contributed by atoms with van der Waals surface area (Å²) >= 11 is 0. The van der Waals surface area contributed by atoms with Crippen molar-refractivity contribution in [3.63, 3.8) is 0 Å². The second-order valence-corrected chi connectivity index (χ2v) is 0.500. The molecule has 0 saturated carbocycles. The van der Waals surface area contributed by atoms with Crippen molar-refractivity contribution in [3.05, 3.63) is 0 Å². The molecule has 0 aliphatic rings. The van der Waals surface area contributed by atoms with E-state index in [9.17, 15) is 0 Å². The Morgan fingerprint density at radius 3 is 0.800 bits per heavy atom. The number of carboxylic acid groups (broad SMARTS) is 4. The zero-order chi connectivity index (χ0) is 7.15. The van der Waals surface area contributed by atoms with Gasteiger partial charge in [0.1, 0.15) is 0 Å². The Hall–Kier alpha value is -0.630. The Kier molecular flexibility index (Phi) is 35.9. The second-order valence-electron chi connectivity index (χ2n) is 0.500. The molecule has 0 heterocycles. The van der Waals surface area contributed by atoms with E-state index >= 15 is 0 Å². The van der Waals surface area contributed by atoms with Crippen LogP contribution in [0.4, 0.5) is 9.59 Å². The summed E-state index contributed by atoms with van der Waals surface area (Å²) in [5, 5.41) is 33.3. The van der Waals surface area contributed by atoms with Crippen LogP contribution in [-0.4, -0.2) is 12.3 Å². The minimum absolute atomic E-state index is 0. The molecular weight excluding hydrogens is 179 g/mol. The molecule has 0 aliphatic heterocycles. The van der Waals surface area contributed by atoms with Crippen molar-refractivity contribution >= 4 is 12.3 Å². The van der Waals surface area contributed by atoms with E-state index in [2.05, 4.69) is 0 Å². The molecular formula is C2H4NO6Sc. The van der Waals surface area contributed by atoms with Crippen LogP contribution in [0, 0.1) is 0 Å². The van der Waals surface area contributed by atoms with Crippen molar-refractivity contribution in [1.82, 2.24) is 6.15 Å². The minimum Gasteiger partial charge on any atom is -0.652 e. The van der Waals surface area contributed by atoms with Crippen LogP contribution in [0.15, 0.2) is 0 Å². The van der Waals surface area contributed by atoms with E-state index in [-0.39, 0.29) is 32.0 Å². The third-order valence-corrected chi connectivity index (χ3v) is 0.